The van der Waals surface area contributed by atoms with Crippen LogP contribution in [0, 0.1) is 0 Å². The van der Waals surface area contributed by atoms with E-state index < -0.39 is 66.7 Å². The lowest BCUT2D eigenvalue weighted by molar-refractivity contribution is -0.143. The van der Waals surface area contributed by atoms with Gasteiger partial charge >= 0.3 is 11.9 Å². The van der Waals surface area contributed by atoms with Crippen LogP contribution in [-0.4, -0.2) is 75.4 Å². The summed E-state index contributed by atoms with van der Waals surface area (Å²) in [5.74, 6) is -5.64. The number of rotatable bonds is 15. The second kappa shape index (κ2) is 13.6. The van der Waals surface area contributed by atoms with Gasteiger partial charge in [-0.2, -0.15) is 0 Å². The van der Waals surface area contributed by atoms with Gasteiger partial charge in [-0.3, -0.25) is 24.0 Å². The minimum atomic E-state index is -1.38. The summed E-state index contributed by atoms with van der Waals surface area (Å²) in [6.07, 6.45) is 0.611. The van der Waals surface area contributed by atoms with Crippen molar-refractivity contribution < 1.29 is 39.0 Å². The Morgan fingerprint density at radius 1 is 0.919 bits per heavy atom. The molecular formula is C23H30N6O8. The monoisotopic (exact) mass is 518 g/mol. The number of benzene rings is 1. The van der Waals surface area contributed by atoms with E-state index in [9.17, 15) is 33.9 Å². The average Bonchev–Trinajstić information content (AvgIpc) is 3.25. The molecule has 1 heterocycles. The van der Waals surface area contributed by atoms with Crippen molar-refractivity contribution in [3.05, 3.63) is 36.0 Å². The standard InChI is InChI=1S/C23H30N6O8/c24-14(5-7-18(25)30)21(34)27-11-19(31)28-16(6-8-20(32)33)22(35)29-17(23(36)37)9-12-10-26-15-4-2-1-3-13(12)15/h1-4,10,14,16-17,26H,5-9,11,24H2,(H2,25,30)(H,27,34)(H,28,31)(H,29,35)(H,32,33)(H,36,37). The molecule has 0 aliphatic heterocycles. The lowest BCUT2D eigenvalue weighted by Crippen LogP contribution is -2.54. The van der Waals surface area contributed by atoms with E-state index in [0.29, 0.717) is 5.56 Å². The van der Waals surface area contributed by atoms with Crippen molar-refractivity contribution in [3.8, 4) is 0 Å². The van der Waals surface area contributed by atoms with E-state index in [1.807, 2.05) is 12.1 Å². The first-order valence-corrected chi connectivity index (χ1v) is 11.4. The number of hydrogen-bond acceptors (Lipinski definition) is 7. The third kappa shape index (κ3) is 9.25. The first-order valence-electron chi connectivity index (χ1n) is 11.4. The number of carbonyl (C=O) groups excluding carboxylic acids is 4. The molecule has 200 valence electrons. The van der Waals surface area contributed by atoms with Gasteiger partial charge in [0.25, 0.3) is 0 Å². The molecular weight excluding hydrogens is 488 g/mol. The Labute approximate surface area is 211 Å². The van der Waals surface area contributed by atoms with Crippen LogP contribution in [0.5, 0.6) is 0 Å². The number of aromatic amines is 1. The van der Waals surface area contributed by atoms with Gasteiger partial charge in [0.2, 0.25) is 23.6 Å². The van der Waals surface area contributed by atoms with Crippen LogP contribution in [0.2, 0.25) is 0 Å². The van der Waals surface area contributed by atoms with Gasteiger partial charge in [0.05, 0.1) is 12.6 Å². The number of nitrogens with one attached hydrogen (secondary N) is 4. The van der Waals surface area contributed by atoms with Gasteiger partial charge in [-0.1, -0.05) is 18.2 Å². The van der Waals surface area contributed by atoms with Crippen LogP contribution in [0.3, 0.4) is 0 Å². The van der Waals surface area contributed by atoms with Crippen molar-refractivity contribution in [1.29, 1.82) is 0 Å². The molecule has 4 amide bonds. The summed E-state index contributed by atoms with van der Waals surface area (Å²) in [4.78, 5) is 73.9. The summed E-state index contributed by atoms with van der Waals surface area (Å²) in [7, 11) is 0. The number of amides is 4. The van der Waals surface area contributed by atoms with Crippen molar-refractivity contribution >= 4 is 46.5 Å². The Morgan fingerprint density at radius 3 is 2.27 bits per heavy atom. The molecule has 0 spiro atoms. The Balaban J connectivity index is 2.02. The largest absolute Gasteiger partial charge is 0.481 e. The van der Waals surface area contributed by atoms with Gasteiger partial charge in [-0.25, -0.2) is 4.79 Å². The van der Waals surface area contributed by atoms with E-state index in [1.165, 1.54) is 0 Å². The highest BCUT2D eigenvalue weighted by molar-refractivity contribution is 5.93. The van der Waals surface area contributed by atoms with E-state index in [1.54, 1.807) is 18.3 Å². The number of H-pyrrole nitrogens is 1. The lowest BCUT2D eigenvalue weighted by Gasteiger charge is -2.21. The zero-order valence-corrected chi connectivity index (χ0v) is 19.9. The van der Waals surface area contributed by atoms with Crippen LogP contribution in [0.1, 0.15) is 31.2 Å². The fourth-order valence-electron chi connectivity index (χ4n) is 3.50. The molecule has 14 heteroatoms. The Hall–Kier alpha value is -4.46. The highest BCUT2D eigenvalue weighted by Gasteiger charge is 2.28. The molecule has 1 aromatic carbocycles. The number of primary amides is 1. The third-order valence-electron chi connectivity index (χ3n) is 5.47. The Kier molecular flexibility index (Phi) is 10.6. The van der Waals surface area contributed by atoms with Crippen LogP contribution in [0.15, 0.2) is 30.5 Å². The first kappa shape index (κ1) is 28.8. The highest BCUT2D eigenvalue weighted by atomic mass is 16.4. The Morgan fingerprint density at radius 2 is 1.62 bits per heavy atom. The lowest BCUT2D eigenvalue weighted by atomic mass is 10.0. The third-order valence-corrected chi connectivity index (χ3v) is 5.47. The molecule has 0 bridgehead atoms. The molecule has 3 atom stereocenters. The summed E-state index contributed by atoms with van der Waals surface area (Å²) in [5, 5.41) is 26.3. The second-order valence-corrected chi connectivity index (χ2v) is 8.34. The number of hydrogen-bond donors (Lipinski definition) is 8. The van der Waals surface area contributed by atoms with E-state index in [0.717, 1.165) is 10.9 Å². The molecule has 1 aromatic heterocycles. The van der Waals surface area contributed by atoms with Gasteiger partial charge in [0, 0.05) is 36.4 Å². The van der Waals surface area contributed by atoms with Crippen LogP contribution in [0.4, 0.5) is 0 Å². The normalized spacial score (nSPS) is 13.2. The van der Waals surface area contributed by atoms with Crippen molar-refractivity contribution in [1.82, 2.24) is 20.9 Å². The topological polar surface area (TPSA) is 247 Å². The van der Waals surface area contributed by atoms with Crippen LogP contribution in [0.25, 0.3) is 10.9 Å². The van der Waals surface area contributed by atoms with E-state index >= 15 is 0 Å². The Bertz CT molecular complexity index is 1160. The molecule has 0 radical (unpaired) electrons. The van der Waals surface area contributed by atoms with Crippen LogP contribution < -0.4 is 27.4 Å². The van der Waals surface area contributed by atoms with Crippen molar-refractivity contribution in [2.45, 2.75) is 50.2 Å². The van der Waals surface area contributed by atoms with Gasteiger partial charge in [-0.15, -0.1) is 0 Å². The van der Waals surface area contributed by atoms with Gasteiger partial charge in [-0.05, 0) is 24.5 Å². The fraction of sp³-hybridized carbons (Fsp3) is 0.391. The molecule has 0 saturated heterocycles. The van der Waals surface area contributed by atoms with E-state index in [2.05, 4.69) is 20.9 Å². The number of para-hydroxylation sites is 1. The van der Waals surface area contributed by atoms with E-state index in [4.69, 9.17) is 16.6 Å². The summed E-state index contributed by atoms with van der Waals surface area (Å²) < 4.78 is 0. The molecule has 0 saturated carbocycles. The summed E-state index contributed by atoms with van der Waals surface area (Å²) >= 11 is 0. The second-order valence-electron chi connectivity index (χ2n) is 8.34. The summed E-state index contributed by atoms with van der Waals surface area (Å²) in [6.45, 7) is -0.586. The zero-order chi connectivity index (χ0) is 27.5. The number of aliphatic carboxylic acids is 2. The molecule has 3 unspecified atom stereocenters. The molecule has 10 N–H and O–H groups in total. The van der Waals surface area contributed by atoms with Gasteiger partial charge < -0.3 is 42.6 Å². The number of aromatic nitrogens is 1. The quantitative estimate of drug-likeness (QED) is 0.134. The molecule has 0 aliphatic rings. The van der Waals surface area contributed by atoms with Crippen molar-refractivity contribution in [2.75, 3.05) is 6.54 Å². The smallest absolute Gasteiger partial charge is 0.326 e. The number of carbonyl (C=O) groups is 6. The minimum absolute atomic E-state index is 0.0283. The first-order chi connectivity index (χ1) is 17.5. The number of carboxylic acids is 2. The number of carboxylic acid groups (broad SMARTS) is 2. The predicted molar refractivity (Wildman–Crippen MR) is 130 cm³/mol. The van der Waals surface area contributed by atoms with Crippen LogP contribution >= 0.6 is 0 Å². The fourth-order valence-corrected chi connectivity index (χ4v) is 3.50. The number of fused-ring (bicyclic) bond motifs is 1. The molecule has 0 fully saturated rings. The van der Waals surface area contributed by atoms with Gasteiger partial charge in [0.1, 0.15) is 12.1 Å². The average molecular weight is 519 g/mol. The maximum absolute atomic E-state index is 12.9. The summed E-state index contributed by atoms with van der Waals surface area (Å²) in [5.41, 5.74) is 12.1. The molecule has 0 aliphatic carbocycles. The van der Waals surface area contributed by atoms with Gasteiger partial charge in [0.15, 0.2) is 0 Å². The van der Waals surface area contributed by atoms with Crippen LogP contribution in [-0.2, 0) is 35.2 Å². The van der Waals surface area contributed by atoms with E-state index in [-0.39, 0.29) is 25.7 Å². The molecule has 2 aromatic rings. The zero-order valence-electron chi connectivity index (χ0n) is 19.9. The maximum atomic E-state index is 12.9. The maximum Gasteiger partial charge on any atom is 0.326 e. The van der Waals surface area contributed by atoms with Crippen molar-refractivity contribution in [2.24, 2.45) is 11.5 Å². The highest BCUT2D eigenvalue weighted by Crippen LogP contribution is 2.19. The predicted octanol–water partition coefficient (Wildman–Crippen LogP) is -1.66. The SMILES string of the molecule is NC(=O)CCC(N)C(=O)NCC(=O)NC(CCC(=O)O)C(=O)NC(Cc1c[nH]c2ccccc12)C(=O)O. The molecule has 2 rings (SSSR count). The number of nitrogens with two attached hydrogens (primary N) is 2. The summed E-state index contributed by atoms with van der Waals surface area (Å²) in [6, 6.07) is 3.38. The minimum Gasteiger partial charge on any atom is -0.481 e. The van der Waals surface area contributed by atoms with Crippen molar-refractivity contribution in [3.63, 3.8) is 0 Å². The molecule has 14 nitrogen and oxygen atoms in total. The molecule has 37 heavy (non-hydrogen) atoms.